The first-order valence-electron chi connectivity index (χ1n) is 20.2. The molecule has 0 aromatic carbocycles. The molecule has 0 amide bonds. The van der Waals surface area contributed by atoms with Gasteiger partial charge in [-0.25, -0.2) is 4.57 Å². The minimum Gasteiger partial charge on any atom is -0.480 e. The minimum atomic E-state index is -4.72. The van der Waals surface area contributed by atoms with E-state index in [4.69, 9.17) is 24.8 Å². The zero-order valence-corrected chi connectivity index (χ0v) is 33.7. The molecule has 0 rings (SSSR count). The fourth-order valence-electron chi connectivity index (χ4n) is 5.06. The summed E-state index contributed by atoms with van der Waals surface area (Å²) in [6, 6.07) is -1.53. The van der Waals surface area contributed by atoms with Gasteiger partial charge in [-0.05, 0) is 77.0 Å². The highest BCUT2D eigenvalue weighted by atomic mass is 31.2. The summed E-state index contributed by atoms with van der Waals surface area (Å²) in [7, 11) is -4.72. The number of aliphatic carboxylic acids is 1. The minimum absolute atomic E-state index is 0.141. The molecular weight excluding hydrogens is 697 g/mol. The number of nitrogens with two attached hydrogens (primary N) is 1. The van der Waals surface area contributed by atoms with Crippen LogP contribution in [0.2, 0.25) is 0 Å². The molecule has 0 aliphatic heterocycles. The molecule has 0 saturated carbocycles. The summed E-state index contributed by atoms with van der Waals surface area (Å²) in [5.41, 5.74) is 5.32. The third kappa shape index (κ3) is 36.2. The molecule has 306 valence electrons. The van der Waals surface area contributed by atoms with Gasteiger partial charge in [0.2, 0.25) is 0 Å². The van der Waals surface area contributed by atoms with E-state index in [2.05, 4.69) is 67.0 Å². The van der Waals surface area contributed by atoms with Gasteiger partial charge in [-0.1, -0.05) is 120 Å². The Morgan fingerprint density at radius 3 is 1.58 bits per heavy atom. The van der Waals surface area contributed by atoms with Gasteiger partial charge in [0, 0.05) is 12.8 Å². The summed E-state index contributed by atoms with van der Waals surface area (Å²) >= 11 is 0. The molecule has 11 nitrogen and oxygen atoms in total. The van der Waals surface area contributed by atoms with Crippen molar-refractivity contribution in [2.45, 2.75) is 174 Å². The number of carbonyl (C=O) groups excluding carboxylic acids is 2. The first kappa shape index (κ1) is 50.4. The van der Waals surface area contributed by atoms with Crippen molar-refractivity contribution in [3.8, 4) is 0 Å². The zero-order chi connectivity index (χ0) is 39.3. The summed E-state index contributed by atoms with van der Waals surface area (Å²) in [4.78, 5) is 45.8. The molecule has 0 aliphatic carbocycles. The standard InChI is InChI=1S/C41H72NO10P/c1-3-5-7-9-11-13-15-17-19-21-22-24-26-28-30-32-39(43)49-34-37(35-50-53(47,48)51-36-38(42)41(45)46)52-40(44)33-31-29-27-25-23-20-18-16-14-12-10-8-6-4-2/h11,13,16-19,22,24,37-38H,3-10,12,14-15,20-21,23,25-36,42H2,1-2H3,(H,45,46)(H,47,48)/b13-11+,18-16+,19-17+,24-22+/t37-,38+/m1/s1. The van der Waals surface area contributed by atoms with Crippen molar-refractivity contribution in [2.24, 2.45) is 5.73 Å². The normalized spacial score (nSPS) is 14.3. The van der Waals surface area contributed by atoms with Crippen molar-refractivity contribution in [1.82, 2.24) is 0 Å². The summed E-state index contributed by atoms with van der Waals surface area (Å²) in [6.45, 7) is 2.70. The Balaban J connectivity index is 4.50. The molecule has 3 atom stereocenters. The molecule has 0 aromatic heterocycles. The highest BCUT2D eigenvalue weighted by Crippen LogP contribution is 2.43. The highest BCUT2D eigenvalue weighted by Gasteiger charge is 2.28. The Morgan fingerprint density at radius 1 is 0.585 bits per heavy atom. The highest BCUT2D eigenvalue weighted by molar-refractivity contribution is 7.47. The van der Waals surface area contributed by atoms with E-state index < -0.39 is 51.1 Å². The van der Waals surface area contributed by atoms with Crippen molar-refractivity contribution in [3.05, 3.63) is 48.6 Å². The van der Waals surface area contributed by atoms with Crippen LogP contribution in [0.1, 0.15) is 162 Å². The number of phosphoric ester groups is 1. The van der Waals surface area contributed by atoms with Crippen LogP contribution < -0.4 is 5.73 Å². The molecule has 0 radical (unpaired) electrons. The molecule has 0 aromatic rings. The topological polar surface area (TPSA) is 172 Å². The summed E-state index contributed by atoms with van der Waals surface area (Å²) in [6.07, 6.45) is 38.9. The maximum absolute atomic E-state index is 12.6. The molecule has 0 spiro atoms. The lowest BCUT2D eigenvalue weighted by molar-refractivity contribution is -0.161. The van der Waals surface area contributed by atoms with Crippen molar-refractivity contribution in [1.29, 1.82) is 0 Å². The molecule has 1 unspecified atom stereocenters. The predicted molar refractivity (Wildman–Crippen MR) is 212 cm³/mol. The lowest BCUT2D eigenvalue weighted by Crippen LogP contribution is -2.34. The summed E-state index contributed by atoms with van der Waals surface area (Å²) in [5, 5.41) is 8.87. The lowest BCUT2D eigenvalue weighted by atomic mass is 10.1. The number of hydrogen-bond acceptors (Lipinski definition) is 9. The van der Waals surface area contributed by atoms with Gasteiger partial charge in [-0.15, -0.1) is 0 Å². The van der Waals surface area contributed by atoms with Crippen molar-refractivity contribution in [2.75, 3.05) is 19.8 Å². The zero-order valence-electron chi connectivity index (χ0n) is 32.8. The van der Waals surface area contributed by atoms with Gasteiger partial charge in [0.15, 0.2) is 6.10 Å². The van der Waals surface area contributed by atoms with Gasteiger partial charge in [0.1, 0.15) is 12.6 Å². The quantitative estimate of drug-likeness (QED) is 0.0238. The number of unbranched alkanes of at least 4 members (excludes halogenated alkanes) is 15. The Hall–Kier alpha value is -2.56. The fourth-order valence-corrected chi connectivity index (χ4v) is 5.84. The smallest absolute Gasteiger partial charge is 0.472 e. The number of phosphoric acid groups is 1. The molecule has 12 heteroatoms. The molecule has 0 fully saturated rings. The van der Waals surface area contributed by atoms with Gasteiger partial charge in [-0.2, -0.15) is 0 Å². The van der Waals surface area contributed by atoms with Gasteiger partial charge in [0.05, 0.1) is 13.2 Å². The maximum Gasteiger partial charge on any atom is 0.472 e. The number of carboxylic acid groups (broad SMARTS) is 1. The molecule has 0 saturated heterocycles. The average Bonchev–Trinajstić information content (AvgIpc) is 3.13. The molecule has 0 heterocycles. The number of rotatable bonds is 37. The third-order valence-corrected chi connectivity index (χ3v) is 9.25. The molecular formula is C41H72NO10P. The Morgan fingerprint density at radius 2 is 1.00 bits per heavy atom. The number of esters is 2. The van der Waals surface area contributed by atoms with Gasteiger partial charge >= 0.3 is 25.7 Å². The second-order valence-electron chi connectivity index (χ2n) is 13.4. The maximum atomic E-state index is 12.6. The number of carbonyl (C=O) groups is 3. The molecule has 53 heavy (non-hydrogen) atoms. The number of hydrogen-bond donors (Lipinski definition) is 3. The first-order valence-corrected chi connectivity index (χ1v) is 21.7. The second kappa shape index (κ2) is 36.4. The summed E-state index contributed by atoms with van der Waals surface area (Å²) < 4.78 is 32.6. The van der Waals surface area contributed by atoms with Crippen LogP contribution >= 0.6 is 7.82 Å². The Labute approximate surface area is 320 Å². The monoisotopic (exact) mass is 769 g/mol. The van der Waals surface area contributed by atoms with E-state index >= 15 is 0 Å². The van der Waals surface area contributed by atoms with Crippen LogP contribution in [0.5, 0.6) is 0 Å². The van der Waals surface area contributed by atoms with Crippen LogP contribution in [0, 0.1) is 0 Å². The van der Waals surface area contributed by atoms with Crippen molar-refractivity contribution in [3.63, 3.8) is 0 Å². The van der Waals surface area contributed by atoms with Crippen molar-refractivity contribution >= 4 is 25.7 Å². The van der Waals surface area contributed by atoms with E-state index in [-0.39, 0.29) is 19.4 Å². The number of ether oxygens (including phenoxy) is 2. The van der Waals surface area contributed by atoms with Gasteiger partial charge in [0.25, 0.3) is 0 Å². The lowest BCUT2D eigenvalue weighted by Gasteiger charge is -2.20. The molecule has 0 aliphatic rings. The Kier molecular flexibility index (Phi) is 34.7. The van der Waals surface area contributed by atoms with Gasteiger partial charge < -0.3 is 25.2 Å². The predicted octanol–water partition coefficient (Wildman–Crippen LogP) is 10.2. The van der Waals surface area contributed by atoms with Crippen LogP contribution in [0.15, 0.2) is 48.6 Å². The SMILES string of the molecule is CCCCC/C=C/C/C=C/C/C=C/CCCCC(=O)OC[C@H](COP(=O)(O)OC[C@H](N)C(=O)O)OC(=O)CCCCCCC/C=C/CCCCCCC. The van der Waals surface area contributed by atoms with Crippen molar-refractivity contribution < 1.29 is 47.5 Å². The second-order valence-corrected chi connectivity index (χ2v) is 14.9. The third-order valence-electron chi connectivity index (χ3n) is 8.30. The van der Waals surface area contributed by atoms with Crippen LogP contribution in [0.3, 0.4) is 0 Å². The van der Waals surface area contributed by atoms with E-state index in [9.17, 15) is 23.8 Å². The first-order chi connectivity index (χ1) is 25.6. The summed E-state index contributed by atoms with van der Waals surface area (Å²) in [5.74, 6) is -2.44. The average molecular weight is 770 g/mol. The van der Waals surface area contributed by atoms with Gasteiger partial charge in [-0.3, -0.25) is 23.4 Å². The Bertz CT molecular complexity index is 1090. The van der Waals surface area contributed by atoms with E-state index in [0.29, 0.717) is 12.8 Å². The van der Waals surface area contributed by atoms with Crippen LogP contribution in [0.25, 0.3) is 0 Å². The van der Waals surface area contributed by atoms with Crippen LogP contribution in [-0.4, -0.2) is 59.9 Å². The van der Waals surface area contributed by atoms with E-state index in [0.717, 1.165) is 70.6 Å². The number of allylic oxidation sites excluding steroid dienone is 8. The van der Waals surface area contributed by atoms with E-state index in [1.807, 2.05) is 0 Å². The fraction of sp³-hybridized carbons (Fsp3) is 0.732. The number of carboxylic acids is 1. The molecule has 4 N–H and O–H groups in total. The molecule has 0 bridgehead atoms. The van der Waals surface area contributed by atoms with E-state index in [1.54, 1.807) is 0 Å². The largest absolute Gasteiger partial charge is 0.480 e. The van der Waals surface area contributed by atoms with Crippen LogP contribution in [0.4, 0.5) is 0 Å². The van der Waals surface area contributed by atoms with E-state index in [1.165, 1.54) is 51.4 Å². The van der Waals surface area contributed by atoms with Crippen LogP contribution in [-0.2, 0) is 37.5 Å².